The van der Waals surface area contributed by atoms with Gasteiger partial charge in [-0.15, -0.1) is 11.3 Å². The molecule has 0 spiro atoms. The Hall–Kier alpha value is -1.43. The Balaban J connectivity index is 2.22. The molecule has 1 amide bonds. The Morgan fingerprint density at radius 3 is 2.65 bits per heavy atom. The second-order valence-corrected chi connectivity index (χ2v) is 6.45. The largest absolute Gasteiger partial charge is 0.459 e. The van der Waals surface area contributed by atoms with E-state index < -0.39 is 5.41 Å². The number of nitrogens with zero attached hydrogens (tertiary/aromatic N) is 1. The fraction of sp³-hybridized carbons (Fsp3) is 0.643. The third-order valence-corrected chi connectivity index (χ3v) is 3.62. The van der Waals surface area contributed by atoms with Crippen molar-refractivity contribution in [2.24, 2.45) is 5.41 Å². The molecule has 0 saturated heterocycles. The number of thiazole rings is 1. The molecule has 0 saturated carbocycles. The molecule has 0 aliphatic rings. The first-order valence-electron chi connectivity index (χ1n) is 6.70. The second-order valence-electron chi connectivity index (χ2n) is 5.50. The van der Waals surface area contributed by atoms with Crippen LogP contribution in [0.25, 0.3) is 0 Å². The van der Waals surface area contributed by atoms with Crippen molar-refractivity contribution in [3.63, 3.8) is 0 Å². The quantitative estimate of drug-likeness (QED) is 0.818. The van der Waals surface area contributed by atoms with Crippen LogP contribution in [0.1, 0.15) is 44.8 Å². The molecule has 112 valence electrons. The number of aromatic nitrogens is 1. The van der Waals surface area contributed by atoms with Gasteiger partial charge in [-0.3, -0.25) is 9.59 Å². The molecule has 0 atom stereocenters. The van der Waals surface area contributed by atoms with E-state index in [2.05, 4.69) is 10.3 Å². The number of hydrogen-bond donors (Lipinski definition) is 1. The Bertz CT molecular complexity index is 463. The maximum atomic E-state index is 11.6. The molecule has 0 fully saturated rings. The number of nitrogens with one attached hydrogen (secondary N) is 1. The molecule has 0 bridgehead atoms. The van der Waals surface area contributed by atoms with E-state index in [0.717, 1.165) is 17.1 Å². The molecule has 0 aromatic carbocycles. The van der Waals surface area contributed by atoms with Crippen molar-refractivity contribution in [2.45, 2.75) is 47.1 Å². The molecular weight excluding hydrogens is 276 g/mol. The van der Waals surface area contributed by atoms with Crippen molar-refractivity contribution in [2.75, 3.05) is 6.54 Å². The van der Waals surface area contributed by atoms with Crippen LogP contribution < -0.4 is 5.32 Å². The van der Waals surface area contributed by atoms with Crippen LogP contribution >= 0.6 is 11.3 Å². The lowest BCUT2D eigenvalue weighted by molar-refractivity contribution is -0.145. The number of rotatable bonds is 6. The van der Waals surface area contributed by atoms with Crippen molar-refractivity contribution in [3.8, 4) is 0 Å². The normalized spacial score (nSPS) is 11.2. The number of amides is 1. The van der Waals surface area contributed by atoms with Crippen molar-refractivity contribution in [1.29, 1.82) is 0 Å². The summed E-state index contributed by atoms with van der Waals surface area (Å²) in [6, 6.07) is 0. The summed E-state index contributed by atoms with van der Waals surface area (Å²) < 4.78 is 5.11. The van der Waals surface area contributed by atoms with Gasteiger partial charge in [0, 0.05) is 17.3 Å². The second kappa shape index (κ2) is 7.38. The molecule has 1 N–H and O–H groups in total. The summed E-state index contributed by atoms with van der Waals surface area (Å²) >= 11 is 1.57. The van der Waals surface area contributed by atoms with Crippen molar-refractivity contribution < 1.29 is 14.3 Å². The number of hydrogen-bond acceptors (Lipinski definition) is 5. The summed E-state index contributed by atoms with van der Waals surface area (Å²) in [6.45, 7) is 8.01. The number of esters is 1. The van der Waals surface area contributed by atoms with Crippen molar-refractivity contribution >= 4 is 23.2 Å². The molecule has 20 heavy (non-hydrogen) atoms. The number of carbonyl (C=O) groups is 2. The first kappa shape index (κ1) is 16.6. The first-order valence-corrected chi connectivity index (χ1v) is 7.58. The third-order valence-electron chi connectivity index (χ3n) is 2.58. The number of ether oxygens (including phenoxy) is 1. The lowest BCUT2D eigenvalue weighted by Crippen LogP contribution is -2.36. The summed E-state index contributed by atoms with van der Waals surface area (Å²) in [5, 5.41) is 5.64. The van der Waals surface area contributed by atoms with Crippen LogP contribution in [0, 0.1) is 5.41 Å². The van der Waals surface area contributed by atoms with Crippen LogP contribution in [0.4, 0.5) is 0 Å². The minimum absolute atomic E-state index is 0.0719. The van der Waals surface area contributed by atoms with Crippen LogP contribution in [-0.4, -0.2) is 23.4 Å². The van der Waals surface area contributed by atoms with Crippen LogP contribution in [0.5, 0.6) is 0 Å². The van der Waals surface area contributed by atoms with Gasteiger partial charge in [0.1, 0.15) is 6.61 Å². The number of aryl methyl sites for hydroxylation is 1. The van der Waals surface area contributed by atoms with Crippen LogP contribution in [-0.2, 0) is 27.4 Å². The predicted molar refractivity (Wildman–Crippen MR) is 78.4 cm³/mol. The zero-order chi connectivity index (χ0) is 15.2. The Morgan fingerprint density at radius 2 is 2.10 bits per heavy atom. The van der Waals surface area contributed by atoms with E-state index in [9.17, 15) is 9.59 Å². The summed E-state index contributed by atoms with van der Waals surface area (Å²) in [4.78, 5) is 27.4. The molecule has 1 aromatic rings. The molecule has 0 aliphatic heterocycles. The average molecular weight is 298 g/mol. The fourth-order valence-electron chi connectivity index (χ4n) is 1.35. The molecule has 1 heterocycles. The van der Waals surface area contributed by atoms with Gasteiger partial charge in [-0.05, 0) is 6.42 Å². The molecule has 1 rings (SSSR count). The maximum absolute atomic E-state index is 11.6. The van der Waals surface area contributed by atoms with E-state index >= 15 is 0 Å². The zero-order valence-corrected chi connectivity index (χ0v) is 13.3. The minimum Gasteiger partial charge on any atom is -0.459 e. The highest BCUT2D eigenvalue weighted by Gasteiger charge is 2.20. The summed E-state index contributed by atoms with van der Waals surface area (Å²) in [5.74, 6) is -0.400. The first-order chi connectivity index (χ1) is 9.32. The highest BCUT2D eigenvalue weighted by Crippen LogP contribution is 2.12. The van der Waals surface area contributed by atoms with E-state index in [0.29, 0.717) is 6.54 Å². The maximum Gasteiger partial charge on any atom is 0.307 e. The highest BCUT2D eigenvalue weighted by molar-refractivity contribution is 7.09. The van der Waals surface area contributed by atoms with Gasteiger partial charge >= 0.3 is 5.97 Å². The summed E-state index contributed by atoms with van der Waals surface area (Å²) in [7, 11) is 0. The van der Waals surface area contributed by atoms with Gasteiger partial charge in [0.25, 0.3) is 0 Å². The summed E-state index contributed by atoms with van der Waals surface area (Å²) in [6.07, 6.45) is 1.06. The van der Waals surface area contributed by atoms with Gasteiger partial charge in [0.2, 0.25) is 5.91 Å². The summed E-state index contributed by atoms with van der Waals surface area (Å²) in [5.41, 5.74) is 0.333. The SMILES string of the molecule is CCc1nc(COC(=O)CCNC(=O)C(C)(C)C)cs1. The minimum atomic E-state index is -0.443. The van der Waals surface area contributed by atoms with Crippen molar-refractivity contribution in [1.82, 2.24) is 10.3 Å². The van der Waals surface area contributed by atoms with E-state index in [1.807, 2.05) is 33.1 Å². The predicted octanol–water partition coefficient (Wildman–Crippen LogP) is 2.30. The van der Waals surface area contributed by atoms with E-state index in [1.165, 1.54) is 0 Å². The smallest absolute Gasteiger partial charge is 0.307 e. The Labute approximate surface area is 123 Å². The molecule has 1 aromatic heterocycles. The van der Waals surface area contributed by atoms with E-state index in [-0.39, 0.29) is 24.9 Å². The molecule has 0 aliphatic carbocycles. The van der Waals surface area contributed by atoms with Gasteiger partial charge < -0.3 is 10.1 Å². The lowest BCUT2D eigenvalue weighted by Gasteiger charge is -2.17. The van der Waals surface area contributed by atoms with Gasteiger partial charge in [0.05, 0.1) is 17.1 Å². The van der Waals surface area contributed by atoms with E-state index in [1.54, 1.807) is 11.3 Å². The lowest BCUT2D eigenvalue weighted by atomic mass is 9.96. The molecular formula is C14H22N2O3S. The monoisotopic (exact) mass is 298 g/mol. The average Bonchev–Trinajstić information content (AvgIpc) is 2.83. The molecule has 0 unspecified atom stereocenters. The fourth-order valence-corrected chi connectivity index (χ4v) is 2.08. The third kappa shape index (κ3) is 5.69. The molecule has 0 radical (unpaired) electrons. The molecule has 6 heteroatoms. The van der Waals surface area contributed by atoms with E-state index in [4.69, 9.17) is 4.74 Å². The topological polar surface area (TPSA) is 68.3 Å². The van der Waals surface area contributed by atoms with Crippen LogP contribution in [0.15, 0.2) is 5.38 Å². The van der Waals surface area contributed by atoms with Gasteiger partial charge in [0.15, 0.2) is 0 Å². The van der Waals surface area contributed by atoms with Gasteiger partial charge in [-0.25, -0.2) is 4.98 Å². The Kier molecular flexibility index (Phi) is 6.13. The Morgan fingerprint density at radius 1 is 1.40 bits per heavy atom. The van der Waals surface area contributed by atoms with Gasteiger partial charge in [-0.2, -0.15) is 0 Å². The van der Waals surface area contributed by atoms with Crippen LogP contribution in [0.2, 0.25) is 0 Å². The van der Waals surface area contributed by atoms with Gasteiger partial charge in [-0.1, -0.05) is 27.7 Å². The highest BCUT2D eigenvalue weighted by atomic mass is 32.1. The molecule has 5 nitrogen and oxygen atoms in total. The standard InChI is InChI=1S/C14H22N2O3S/c1-5-11-16-10(9-20-11)8-19-12(17)6-7-15-13(18)14(2,3)4/h9H,5-8H2,1-4H3,(H,15,18). The van der Waals surface area contributed by atoms with Crippen molar-refractivity contribution in [3.05, 3.63) is 16.1 Å². The van der Waals surface area contributed by atoms with Crippen LogP contribution in [0.3, 0.4) is 0 Å². The number of carbonyl (C=O) groups excluding carboxylic acids is 2. The zero-order valence-electron chi connectivity index (χ0n) is 12.5.